The zero-order chi connectivity index (χ0) is 20.9. The van der Waals surface area contributed by atoms with Crippen LogP contribution in [0.5, 0.6) is 5.75 Å². The van der Waals surface area contributed by atoms with Crippen molar-refractivity contribution >= 4 is 11.9 Å². The zero-order valence-electron chi connectivity index (χ0n) is 17.3. The summed E-state index contributed by atoms with van der Waals surface area (Å²) in [7, 11) is 0. The van der Waals surface area contributed by atoms with Crippen LogP contribution in [-0.4, -0.2) is 67.1 Å². The molecule has 1 amide bonds. The standard InChI is InChI=1S/C24H28N2O4/c1-2-29-24(28)23-20(18-9-5-3-6-10-18)15-25-13-14-26(16-21(23)25)22(27)17-30-19-11-7-4-8-12-19/h3-12,20-21,23H,2,13-17H2,1H3/t20-,21+,23-/m0/s1. The lowest BCUT2D eigenvalue weighted by Crippen LogP contribution is -2.55. The van der Waals surface area contributed by atoms with Crippen molar-refractivity contribution in [1.29, 1.82) is 0 Å². The summed E-state index contributed by atoms with van der Waals surface area (Å²) in [6.07, 6.45) is 0. The molecule has 0 unspecified atom stereocenters. The van der Waals surface area contributed by atoms with E-state index < -0.39 is 0 Å². The van der Waals surface area contributed by atoms with Gasteiger partial charge in [-0.2, -0.15) is 0 Å². The first-order valence-corrected chi connectivity index (χ1v) is 10.6. The minimum Gasteiger partial charge on any atom is -0.484 e. The maximum absolute atomic E-state index is 12.9. The Kier molecular flexibility index (Phi) is 6.33. The highest BCUT2D eigenvalue weighted by Crippen LogP contribution is 2.39. The molecule has 0 saturated carbocycles. The van der Waals surface area contributed by atoms with Gasteiger partial charge in [0.1, 0.15) is 5.75 Å². The fourth-order valence-electron chi connectivity index (χ4n) is 4.60. The highest BCUT2D eigenvalue weighted by Gasteiger charge is 2.49. The van der Waals surface area contributed by atoms with Crippen LogP contribution in [0.15, 0.2) is 60.7 Å². The second-order valence-electron chi connectivity index (χ2n) is 7.80. The minimum absolute atomic E-state index is 0.00290. The van der Waals surface area contributed by atoms with Gasteiger partial charge in [-0.3, -0.25) is 14.5 Å². The largest absolute Gasteiger partial charge is 0.484 e. The number of benzene rings is 2. The van der Waals surface area contributed by atoms with Crippen molar-refractivity contribution < 1.29 is 19.1 Å². The highest BCUT2D eigenvalue weighted by atomic mass is 16.5. The number of fused-ring (bicyclic) bond motifs is 1. The van der Waals surface area contributed by atoms with Crippen molar-refractivity contribution in [2.24, 2.45) is 5.92 Å². The Morgan fingerprint density at radius 3 is 2.37 bits per heavy atom. The number of amides is 1. The average Bonchev–Trinajstić information content (AvgIpc) is 3.18. The first kappa shape index (κ1) is 20.4. The summed E-state index contributed by atoms with van der Waals surface area (Å²) in [6.45, 7) is 4.91. The molecule has 3 atom stereocenters. The molecule has 0 bridgehead atoms. The number of hydrogen-bond acceptors (Lipinski definition) is 5. The monoisotopic (exact) mass is 408 g/mol. The molecular formula is C24H28N2O4. The van der Waals surface area contributed by atoms with Crippen molar-refractivity contribution in [1.82, 2.24) is 9.80 Å². The minimum atomic E-state index is -0.280. The van der Waals surface area contributed by atoms with Crippen LogP contribution in [0, 0.1) is 5.92 Å². The first-order chi connectivity index (χ1) is 14.7. The van der Waals surface area contributed by atoms with Crippen molar-refractivity contribution in [2.75, 3.05) is 39.4 Å². The number of ether oxygens (including phenoxy) is 2. The van der Waals surface area contributed by atoms with E-state index in [9.17, 15) is 9.59 Å². The Balaban J connectivity index is 1.47. The molecule has 0 N–H and O–H groups in total. The Bertz CT molecular complexity index is 858. The zero-order valence-corrected chi connectivity index (χ0v) is 17.3. The van der Waals surface area contributed by atoms with Crippen molar-refractivity contribution in [3.63, 3.8) is 0 Å². The summed E-state index contributed by atoms with van der Waals surface area (Å²) in [5, 5.41) is 0. The van der Waals surface area contributed by atoms with Crippen molar-refractivity contribution in [2.45, 2.75) is 18.9 Å². The van der Waals surface area contributed by atoms with E-state index in [0.29, 0.717) is 25.4 Å². The lowest BCUT2D eigenvalue weighted by molar-refractivity contribution is -0.151. The number of piperazine rings is 1. The van der Waals surface area contributed by atoms with Crippen LogP contribution in [0.2, 0.25) is 0 Å². The molecule has 2 heterocycles. The van der Waals surface area contributed by atoms with Crippen molar-refractivity contribution in [3.05, 3.63) is 66.2 Å². The number of para-hydroxylation sites is 1. The van der Waals surface area contributed by atoms with Gasteiger partial charge < -0.3 is 14.4 Å². The molecule has 0 aromatic heterocycles. The number of esters is 1. The van der Waals surface area contributed by atoms with E-state index in [-0.39, 0.29) is 36.4 Å². The van der Waals surface area contributed by atoms with Gasteiger partial charge in [0, 0.05) is 38.1 Å². The number of carbonyl (C=O) groups excluding carboxylic acids is 2. The Morgan fingerprint density at radius 2 is 1.67 bits per heavy atom. The van der Waals surface area contributed by atoms with Gasteiger partial charge in [0.15, 0.2) is 6.61 Å². The fraction of sp³-hybridized carbons (Fsp3) is 0.417. The molecular weight excluding hydrogens is 380 g/mol. The summed E-state index contributed by atoms with van der Waals surface area (Å²) >= 11 is 0. The van der Waals surface area contributed by atoms with Crippen LogP contribution in [0.3, 0.4) is 0 Å². The fourth-order valence-corrected chi connectivity index (χ4v) is 4.60. The van der Waals surface area contributed by atoms with Gasteiger partial charge in [0.05, 0.1) is 12.5 Å². The topological polar surface area (TPSA) is 59.1 Å². The van der Waals surface area contributed by atoms with E-state index in [1.54, 1.807) is 0 Å². The molecule has 30 heavy (non-hydrogen) atoms. The number of carbonyl (C=O) groups is 2. The second-order valence-corrected chi connectivity index (χ2v) is 7.80. The normalized spacial score (nSPS) is 23.6. The molecule has 2 aliphatic heterocycles. The predicted octanol–water partition coefficient (Wildman–Crippen LogP) is 2.55. The number of hydrogen-bond donors (Lipinski definition) is 0. The number of rotatable bonds is 6. The Hall–Kier alpha value is -2.86. The second kappa shape index (κ2) is 9.30. The van der Waals surface area contributed by atoms with Gasteiger partial charge in [-0.1, -0.05) is 48.5 Å². The van der Waals surface area contributed by atoms with E-state index in [2.05, 4.69) is 17.0 Å². The highest BCUT2D eigenvalue weighted by molar-refractivity contribution is 5.79. The lowest BCUT2D eigenvalue weighted by atomic mass is 9.85. The Morgan fingerprint density at radius 1 is 0.967 bits per heavy atom. The molecule has 0 aliphatic carbocycles. The molecule has 4 rings (SSSR count). The molecule has 2 saturated heterocycles. The van der Waals surface area contributed by atoms with Gasteiger partial charge in [-0.25, -0.2) is 0 Å². The van der Waals surface area contributed by atoms with Gasteiger partial charge >= 0.3 is 5.97 Å². The smallest absolute Gasteiger partial charge is 0.311 e. The van der Waals surface area contributed by atoms with Crippen LogP contribution >= 0.6 is 0 Å². The van der Waals surface area contributed by atoms with E-state index in [0.717, 1.165) is 18.7 Å². The van der Waals surface area contributed by atoms with E-state index in [1.807, 2.05) is 60.4 Å². The first-order valence-electron chi connectivity index (χ1n) is 10.6. The van der Waals surface area contributed by atoms with Crippen LogP contribution in [0.4, 0.5) is 0 Å². The maximum Gasteiger partial charge on any atom is 0.311 e. The third kappa shape index (κ3) is 4.33. The van der Waals surface area contributed by atoms with E-state index in [1.165, 1.54) is 0 Å². The average molecular weight is 408 g/mol. The molecule has 158 valence electrons. The predicted molar refractivity (Wildman–Crippen MR) is 113 cm³/mol. The van der Waals surface area contributed by atoms with Crippen LogP contribution in [0.1, 0.15) is 18.4 Å². The van der Waals surface area contributed by atoms with Gasteiger partial charge in [-0.05, 0) is 24.6 Å². The van der Waals surface area contributed by atoms with Gasteiger partial charge in [0.2, 0.25) is 0 Å². The summed E-state index contributed by atoms with van der Waals surface area (Å²) in [4.78, 5) is 29.8. The maximum atomic E-state index is 12.9. The molecule has 2 aromatic rings. The quantitative estimate of drug-likeness (QED) is 0.688. The SMILES string of the molecule is CCOC(=O)[C@@H]1[C@H]2CN(C(=O)COc3ccccc3)CCN2C[C@H]1c1ccccc1. The summed E-state index contributed by atoms with van der Waals surface area (Å²) < 4.78 is 11.1. The molecule has 0 radical (unpaired) electrons. The van der Waals surface area contributed by atoms with Crippen molar-refractivity contribution in [3.8, 4) is 5.75 Å². The van der Waals surface area contributed by atoms with Gasteiger partial charge in [0.25, 0.3) is 5.91 Å². The third-order valence-electron chi connectivity index (χ3n) is 6.06. The molecule has 6 nitrogen and oxygen atoms in total. The molecule has 0 spiro atoms. The molecule has 2 aromatic carbocycles. The van der Waals surface area contributed by atoms with Gasteiger partial charge in [-0.15, -0.1) is 0 Å². The molecule has 2 fully saturated rings. The lowest BCUT2D eigenvalue weighted by Gasteiger charge is -2.38. The van der Waals surface area contributed by atoms with E-state index in [4.69, 9.17) is 9.47 Å². The summed E-state index contributed by atoms with van der Waals surface area (Å²) in [6, 6.07) is 19.5. The van der Waals surface area contributed by atoms with Crippen LogP contribution in [-0.2, 0) is 14.3 Å². The van der Waals surface area contributed by atoms with Crippen LogP contribution in [0.25, 0.3) is 0 Å². The van der Waals surface area contributed by atoms with Crippen LogP contribution < -0.4 is 4.74 Å². The third-order valence-corrected chi connectivity index (χ3v) is 6.06. The molecule has 6 heteroatoms. The molecule has 2 aliphatic rings. The Labute approximate surface area is 177 Å². The summed E-state index contributed by atoms with van der Waals surface area (Å²) in [5.74, 6) is 0.251. The van der Waals surface area contributed by atoms with E-state index >= 15 is 0 Å². The number of nitrogens with zero attached hydrogens (tertiary/aromatic N) is 2. The summed E-state index contributed by atoms with van der Waals surface area (Å²) in [5.41, 5.74) is 1.15.